The summed E-state index contributed by atoms with van der Waals surface area (Å²) in [4.78, 5) is 14.6. The Labute approximate surface area is 132 Å². The zero-order valence-corrected chi connectivity index (χ0v) is 13.1. The molecule has 0 bridgehead atoms. The van der Waals surface area contributed by atoms with Crippen molar-refractivity contribution in [3.63, 3.8) is 0 Å². The van der Waals surface area contributed by atoms with E-state index in [1.165, 1.54) is 6.42 Å². The van der Waals surface area contributed by atoms with Gasteiger partial charge in [-0.05, 0) is 18.4 Å². The van der Waals surface area contributed by atoms with Crippen LogP contribution in [0.5, 0.6) is 0 Å². The number of aliphatic hydroxyl groups is 1. The summed E-state index contributed by atoms with van der Waals surface area (Å²) in [6, 6.07) is 9.87. The zero-order valence-electron chi connectivity index (χ0n) is 13.1. The molecule has 120 valence electrons. The first-order valence-electron chi connectivity index (χ1n) is 8.45. The van der Waals surface area contributed by atoms with Gasteiger partial charge >= 0.3 is 0 Å². The van der Waals surface area contributed by atoms with Crippen molar-refractivity contribution in [2.75, 3.05) is 13.1 Å². The van der Waals surface area contributed by atoms with Gasteiger partial charge in [-0.3, -0.25) is 4.79 Å². The van der Waals surface area contributed by atoms with E-state index in [1.807, 2.05) is 23.1 Å². The number of carbonyl (C=O) groups excluding carboxylic acids is 1. The number of carbonyl (C=O) groups is 1. The van der Waals surface area contributed by atoms with E-state index in [-0.39, 0.29) is 11.9 Å². The Kier molecular flexibility index (Phi) is 4.79. The maximum absolute atomic E-state index is 12.7. The first-order valence-corrected chi connectivity index (χ1v) is 8.45. The minimum absolute atomic E-state index is 0.133. The predicted molar refractivity (Wildman–Crippen MR) is 86.3 cm³/mol. The highest BCUT2D eigenvalue weighted by molar-refractivity contribution is 5.82. The van der Waals surface area contributed by atoms with Gasteiger partial charge in [0.2, 0.25) is 5.91 Å². The Morgan fingerprint density at radius 1 is 1.18 bits per heavy atom. The second kappa shape index (κ2) is 6.80. The van der Waals surface area contributed by atoms with E-state index in [9.17, 15) is 9.90 Å². The number of nitrogens with one attached hydrogen (secondary N) is 1. The summed E-state index contributed by atoms with van der Waals surface area (Å²) in [6.45, 7) is 2.21. The van der Waals surface area contributed by atoms with Crippen LogP contribution in [0.2, 0.25) is 0 Å². The molecule has 22 heavy (non-hydrogen) atoms. The van der Waals surface area contributed by atoms with Gasteiger partial charge < -0.3 is 15.3 Å². The normalized spacial score (nSPS) is 25.2. The molecular weight excluding hydrogens is 276 g/mol. The minimum atomic E-state index is -0.651. The number of hydrogen-bond donors (Lipinski definition) is 2. The zero-order chi connectivity index (χ0) is 15.4. The lowest BCUT2D eigenvalue weighted by atomic mass is 9.80. The highest BCUT2D eigenvalue weighted by Gasteiger charge is 2.37. The van der Waals surface area contributed by atoms with Gasteiger partial charge in [0.05, 0.1) is 11.6 Å². The van der Waals surface area contributed by atoms with Crippen LogP contribution >= 0.6 is 0 Å². The van der Waals surface area contributed by atoms with E-state index >= 15 is 0 Å². The average molecular weight is 302 g/mol. The van der Waals surface area contributed by atoms with Crippen LogP contribution in [0, 0.1) is 0 Å². The van der Waals surface area contributed by atoms with Gasteiger partial charge in [-0.1, -0.05) is 49.6 Å². The van der Waals surface area contributed by atoms with Crippen molar-refractivity contribution in [3.05, 3.63) is 35.9 Å². The van der Waals surface area contributed by atoms with Crippen molar-refractivity contribution in [3.8, 4) is 0 Å². The smallest absolute Gasteiger partial charge is 0.240 e. The van der Waals surface area contributed by atoms with E-state index < -0.39 is 5.60 Å². The third kappa shape index (κ3) is 3.68. The third-order valence-corrected chi connectivity index (χ3v) is 4.97. The van der Waals surface area contributed by atoms with E-state index in [0.29, 0.717) is 13.0 Å². The molecule has 1 unspecified atom stereocenters. The van der Waals surface area contributed by atoms with Crippen molar-refractivity contribution >= 4 is 5.91 Å². The number of amides is 1. The maximum Gasteiger partial charge on any atom is 0.240 e. The van der Waals surface area contributed by atoms with Crippen LogP contribution in [0.1, 0.15) is 44.1 Å². The van der Waals surface area contributed by atoms with Gasteiger partial charge in [-0.25, -0.2) is 0 Å². The van der Waals surface area contributed by atoms with Crippen LogP contribution in [-0.2, 0) is 11.3 Å². The summed E-state index contributed by atoms with van der Waals surface area (Å²) in [5.41, 5.74) is 0.509. The van der Waals surface area contributed by atoms with E-state index in [1.54, 1.807) is 0 Å². The molecule has 1 saturated heterocycles. The molecule has 1 aromatic rings. The van der Waals surface area contributed by atoms with Crippen LogP contribution in [0.15, 0.2) is 30.3 Å². The second-order valence-corrected chi connectivity index (χ2v) is 6.74. The molecule has 1 saturated carbocycles. The molecule has 0 aromatic heterocycles. The summed E-state index contributed by atoms with van der Waals surface area (Å²) in [6.07, 6.45) is 5.57. The topological polar surface area (TPSA) is 52.6 Å². The lowest BCUT2D eigenvalue weighted by Gasteiger charge is -2.39. The summed E-state index contributed by atoms with van der Waals surface area (Å²) >= 11 is 0. The number of hydrogen-bond acceptors (Lipinski definition) is 3. The maximum atomic E-state index is 12.7. The van der Waals surface area contributed by atoms with Crippen LogP contribution in [0.4, 0.5) is 0 Å². The second-order valence-electron chi connectivity index (χ2n) is 6.74. The number of nitrogens with zero attached hydrogens (tertiary/aromatic N) is 1. The molecule has 2 fully saturated rings. The molecule has 2 N–H and O–H groups in total. The Morgan fingerprint density at radius 3 is 2.64 bits per heavy atom. The van der Waals surface area contributed by atoms with Crippen LogP contribution in [0.3, 0.4) is 0 Å². The van der Waals surface area contributed by atoms with Crippen molar-refractivity contribution < 1.29 is 9.90 Å². The fraction of sp³-hybridized carbons (Fsp3) is 0.611. The molecule has 4 nitrogen and oxygen atoms in total. The molecule has 3 rings (SSSR count). The highest BCUT2D eigenvalue weighted by Crippen LogP contribution is 2.32. The summed E-state index contributed by atoms with van der Waals surface area (Å²) < 4.78 is 0. The number of rotatable bonds is 4. The summed E-state index contributed by atoms with van der Waals surface area (Å²) in [7, 11) is 0. The Morgan fingerprint density at radius 2 is 1.91 bits per heavy atom. The molecule has 1 amide bonds. The van der Waals surface area contributed by atoms with Crippen molar-refractivity contribution in [2.24, 2.45) is 0 Å². The molecule has 1 aromatic carbocycles. The first kappa shape index (κ1) is 15.5. The van der Waals surface area contributed by atoms with Crippen molar-refractivity contribution in [1.29, 1.82) is 0 Å². The molecule has 2 aliphatic rings. The molecule has 4 heteroatoms. The Bertz CT molecular complexity index is 497. The molecular formula is C18H26N2O2. The quantitative estimate of drug-likeness (QED) is 0.895. The molecule has 1 aliphatic carbocycles. The monoisotopic (exact) mass is 302 g/mol. The number of piperazine rings is 1. The lowest BCUT2D eigenvalue weighted by Crippen LogP contribution is -2.57. The first-order chi connectivity index (χ1) is 10.7. The number of benzene rings is 1. The fourth-order valence-corrected chi connectivity index (χ4v) is 3.71. The fourth-order valence-electron chi connectivity index (χ4n) is 3.71. The average Bonchev–Trinajstić information content (AvgIpc) is 2.53. The minimum Gasteiger partial charge on any atom is -0.390 e. The Balaban J connectivity index is 1.62. The lowest BCUT2D eigenvalue weighted by molar-refractivity contribution is -0.139. The van der Waals surface area contributed by atoms with Crippen LogP contribution in [-0.4, -0.2) is 40.6 Å². The SMILES string of the molecule is O=C1C(CC2(O)CCCCC2)NCCN1Cc1ccccc1. The molecule has 0 radical (unpaired) electrons. The Hall–Kier alpha value is -1.39. The van der Waals surface area contributed by atoms with E-state index in [0.717, 1.165) is 44.3 Å². The predicted octanol–water partition coefficient (Wildman–Crippen LogP) is 2.07. The van der Waals surface area contributed by atoms with Gasteiger partial charge in [0.1, 0.15) is 0 Å². The summed E-state index contributed by atoms with van der Waals surface area (Å²) in [5.74, 6) is 0.133. The molecule has 1 heterocycles. The largest absolute Gasteiger partial charge is 0.390 e. The standard InChI is InChI=1S/C18H26N2O2/c21-17-16(13-18(22)9-5-2-6-10-18)19-11-12-20(17)14-15-7-3-1-4-8-15/h1,3-4,7-8,16,19,22H,2,5-6,9-14H2. The molecule has 1 atom stereocenters. The van der Waals surface area contributed by atoms with Gasteiger partial charge in [0.25, 0.3) is 0 Å². The van der Waals surface area contributed by atoms with Gasteiger partial charge in [0, 0.05) is 26.1 Å². The van der Waals surface area contributed by atoms with E-state index in [4.69, 9.17) is 0 Å². The van der Waals surface area contributed by atoms with Gasteiger partial charge in [0.15, 0.2) is 0 Å². The van der Waals surface area contributed by atoms with Crippen LogP contribution in [0.25, 0.3) is 0 Å². The molecule has 1 aliphatic heterocycles. The summed E-state index contributed by atoms with van der Waals surface area (Å²) in [5, 5.41) is 14.0. The highest BCUT2D eigenvalue weighted by atomic mass is 16.3. The van der Waals surface area contributed by atoms with Gasteiger partial charge in [-0.2, -0.15) is 0 Å². The molecule has 0 spiro atoms. The van der Waals surface area contributed by atoms with Crippen molar-refractivity contribution in [1.82, 2.24) is 10.2 Å². The van der Waals surface area contributed by atoms with Crippen molar-refractivity contribution in [2.45, 2.75) is 56.7 Å². The van der Waals surface area contributed by atoms with E-state index in [2.05, 4.69) is 17.4 Å². The van der Waals surface area contributed by atoms with Crippen LogP contribution < -0.4 is 5.32 Å². The van der Waals surface area contributed by atoms with Gasteiger partial charge in [-0.15, -0.1) is 0 Å². The third-order valence-electron chi connectivity index (χ3n) is 4.97.